The van der Waals surface area contributed by atoms with Gasteiger partial charge in [-0.15, -0.1) is 0 Å². The number of rotatable bonds is 4. The van der Waals surface area contributed by atoms with Crippen LogP contribution in [-0.2, 0) is 9.47 Å². The van der Waals surface area contributed by atoms with Gasteiger partial charge in [-0.3, -0.25) is 0 Å². The van der Waals surface area contributed by atoms with Crippen LogP contribution >= 0.6 is 0 Å². The molecule has 5 heteroatoms. The first kappa shape index (κ1) is 19.2. The zero-order valence-corrected chi connectivity index (χ0v) is 15.0. The Balaban J connectivity index is 1.58. The molecule has 0 atom stereocenters. The molecular weight excluding hydrogens is 341 g/mol. The summed E-state index contributed by atoms with van der Waals surface area (Å²) in [6.07, 6.45) is 2.91. The quantitative estimate of drug-likeness (QED) is 0.661. The molecule has 3 rings (SSSR count). The summed E-state index contributed by atoms with van der Waals surface area (Å²) in [7, 11) is 0. The molecule has 2 aliphatic rings. The molecule has 0 spiro atoms. The average molecular weight is 366 g/mol. The van der Waals surface area contributed by atoms with Crippen molar-refractivity contribution in [3.05, 3.63) is 47.8 Å². The first-order valence-electron chi connectivity index (χ1n) is 9.18. The fourth-order valence-electron chi connectivity index (χ4n) is 3.85. The molecule has 0 aromatic heterocycles. The molecule has 1 saturated heterocycles. The van der Waals surface area contributed by atoms with E-state index >= 15 is 0 Å². The molecule has 1 aliphatic heterocycles. The van der Waals surface area contributed by atoms with Gasteiger partial charge in [0.25, 0.3) is 6.08 Å². The van der Waals surface area contributed by atoms with Gasteiger partial charge in [0.2, 0.25) is 0 Å². The van der Waals surface area contributed by atoms with Gasteiger partial charge in [-0.2, -0.15) is 8.78 Å². The molecule has 0 bridgehead atoms. The lowest BCUT2D eigenvalue weighted by Gasteiger charge is -2.37. The van der Waals surface area contributed by atoms with Gasteiger partial charge in [-0.25, -0.2) is 4.39 Å². The molecule has 0 radical (unpaired) electrons. The first-order valence-corrected chi connectivity index (χ1v) is 9.18. The zero-order chi connectivity index (χ0) is 18.7. The maximum atomic E-state index is 14.0. The summed E-state index contributed by atoms with van der Waals surface area (Å²) in [5, 5.41) is 0. The monoisotopic (exact) mass is 366 g/mol. The number of hydrogen-bond acceptors (Lipinski definition) is 2. The Labute approximate surface area is 152 Å². The van der Waals surface area contributed by atoms with Crippen LogP contribution < -0.4 is 0 Å². The van der Waals surface area contributed by atoms with E-state index in [9.17, 15) is 13.2 Å². The Morgan fingerprint density at radius 3 is 2.31 bits per heavy atom. The highest BCUT2D eigenvalue weighted by Gasteiger charge is 2.32. The van der Waals surface area contributed by atoms with Gasteiger partial charge in [0.15, 0.2) is 6.29 Å². The van der Waals surface area contributed by atoms with Crippen LogP contribution in [-0.4, -0.2) is 19.5 Å². The smallest absolute Gasteiger partial charge is 0.271 e. The minimum absolute atomic E-state index is 0.154. The number of halogens is 3. The molecule has 2 nitrogen and oxygen atoms in total. The van der Waals surface area contributed by atoms with Gasteiger partial charge >= 0.3 is 0 Å². The Morgan fingerprint density at radius 2 is 1.73 bits per heavy atom. The van der Waals surface area contributed by atoms with Gasteiger partial charge < -0.3 is 9.47 Å². The Kier molecular flexibility index (Phi) is 6.20. The molecule has 1 aromatic carbocycles. The molecule has 0 amide bonds. The van der Waals surface area contributed by atoms with E-state index in [1.54, 1.807) is 6.07 Å². The van der Waals surface area contributed by atoms with E-state index in [4.69, 9.17) is 9.47 Å². The largest absolute Gasteiger partial charge is 0.348 e. The zero-order valence-electron chi connectivity index (χ0n) is 15.0. The lowest BCUT2D eigenvalue weighted by molar-refractivity contribution is -0.180. The maximum Gasteiger partial charge on any atom is 0.271 e. The summed E-state index contributed by atoms with van der Waals surface area (Å²) in [5.74, 6) is 1.12. The average Bonchev–Trinajstić information content (AvgIpc) is 2.63. The van der Waals surface area contributed by atoms with Crippen LogP contribution in [0.1, 0.15) is 43.7 Å². The van der Waals surface area contributed by atoms with Crippen molar-refractivity contribution in [3.63, 3.8) is 0 Å². The standard InChI is InChI=1S/C21H25F3O2/c1-13-3-5-15(6-4-13)18-11-25-21(26-12-18)14(2)16-7-8-17(10-20(23)24)19(22)9-16/h7-10,13,15,18,21H,2-6,11-12H2,1H3. The summed E-state index contributed by atoms with van der Waals surface area (Å²) in [4.78, 5) is 0. The molecule has 0 N–H and O–H groups in total. The van der Waals surface area contributed by atoms with Crippen LogP contribution in [0.5, 0.6) is 0 Å². The molecule has 142 valence electrons. The molecule has 1 aromatic rings. The highest BCUT2D eigenvalue weighted by atomic mass is 19.3. The first-order chi connectivity index (χ1) is 12.4. The van der Waals surface area contributed by atoms with Gasteiger partial charge in [-0.05, 0) is 36.3 Å². The third kappa shape index (κ3) is 4.57. The van der Waals surface area contributed by atoms with Crippen molar-refractivity contribution in [2.45, 2.75) is 38.9 Å². The number of hydrogen-bond donors (Lipinski definition) is 0. The van der Waals surface area contributed by atoms with Crippen LogP contribution in [0.15, 0.2) is 30.9 Å². The molecular formula is C21H25F3O2. The highest BCUT2D eigenvalue weighted by Crippen LogP contribution is 2.36. The summed E-state index contributed by atoms with van der Waals surface area (Å²) in [6, 6.07) is 4.06. The lowest BCUT2D eigenvalue weighted by atomic mass is 9.76. The minimum Gasteiger partial charge on any atom is -0.348 e. The highest BCUT2D eigenvalue weighted by molar-refractivity contribution is 5.67. The van der Waals surface area contributed by atoms with E-state index < -0.39 is 18.2 Å². The fraction of sp³-hybridized carbons (Fsp3) is 0.524. The molecule has 0 unspecified atom stereocenters. The van der Waals surface area contributed by atoms with Gasteiger partial charge in [0.05, 0.1) is 13.2 Å². The van der Waals surface area contributed by atoms with Crippen LogP contribution in [0.3, 0.4) is 0 Å². The summed E-state index contributed by atoms with van der Waals surface area (Å²) in [5.41, 5.74) is 0.850. The van der Waals surface area contributed by atoms with Crippen molar-refractivity contribution < 1.29 is 22.6 Å². The van der Waals surface area contributed by atoms with Gasteiger partial charge in [0.1, 0.15) is 5.82 Å². The van der Waals surface area contributed by atoms with Crippen LogP contribution in [0.25, 0.3) is 11.6 Å². The molecule has 2 fully saturated rings. The van der Waals surface area contributed by atoms with Crippen LogP contribution in [0.2, 0.25) is 0 Å². The Morgan fingerprint density at radius 1 is 1.08 bits per heavy atom. The predicted octanol–water partition coefficient (Wildman–Crippen LogP) is 5.89. The van der Waals surface area contributed by atoms with Crippen molar-refractivity contribution in [1.29, 1.82) is 0 Å². The van der Waals surface area contributed by atoms with Crippen molar-refractivity contribution in [2.75, 3.05) is 13.2 Å². The summed E-state index contributed by atoms with van der Waals surface area (Å²) < 4.78 is 50.3. The normalized spacial score (nSPS) is 29.2. The Bertz CT molecular complexity index is 666. The lowest BCUT2D eigenvalue weighted by Crippen LogP contribution is -2.37. The van der Waals surface area contributed by atoms with E-state index in [1.807, 2.05) is 0 Å². The third-order valence-corrected chi connectivity index (χ3v) is 5.57. The van der Waals surface area contributed by atoms with E-state index in [2.05, 4.69) is 13.5 Å². The van der Waals surface area contributed by atoms with E-state index in [0.717, 1.165) is 5.92 Å². The molecule has 26 heavy (non-hydrogen) atoms. The van der Waals surface area contributed by atoms with Gasteiger partial charge in [-0.1, -0.05) is 38.5 Å². The summed E-state index contributed by atoms with van der Waals surface area (Å²) in [6.45, 7) is 7.47. The van der Waals surface area contributed by atoms with E-state index in [1.165, 1.54) is 37.8 Å². The van der Waals surface area contributed by atoms with E-state index in [-0.39, 0.29) is 5.56 Å². The van der Waals surface area contributed by atoms with Crippen LogP contribution in [0.4, 0.5) is 13.2 Å². The van der Waals surface area contributed by atoms with Crippen molar-refractivity contribution in [2.24, 2.45) is 17.8 Å². The second kappa shape index (κ2) is 8.40. The maximum absolute atomic E-state index is 14.0. The fourth-order valence-corrected chi connectivity index (χ4v) is 3.85. The van der Waals surface area contributed by atoms with Crippen molar-refractivity contribution in [3.8, 4) is 0 Å². The molecule has 1 heterocycles. The number of ether oxygens (including phenoxy) is 2. The van der Waals surface area contributed by atoms with Crippen molar-refractivity contribution in [1.82, 2.24) is 0 Å². The predicted molar refractivity (Wildman–Crippen MR) is 95.9 cm³/mol. The van der Waals surface area contributed by atoms with Crippen molar-refractivity contribution >= 4 is 11.6 Å². The Hall–Kier alpha value is -1.59. The topological polar surface area (TPSA) is 18.5 Å². The van der Waals surface area contributed by atoms with Gasteiger partial charge in [0, 0.05) is 23.1 Å². The molecule has 1 saturated carbocycles. The third-order valence-electron chi connectivity index (χ3n) is 5.57. The second-order valence-electron chi connectivity index (χ2n) is 7.47. The summed E-state index contributed by atoms with van der Waals surface area (Å²) >= 11 is 0. The second-order valence-corrected chi connectivity index (χ2v) is 7.47. The molecule has 1 aliphatic carbocycles. The SMILES string of the molecule is C=C(c1ccc(C=C(F)F)c(F)c1)C1OCC(C2CCC(C)CC2)CO1. The minimum atomic E-state index is -1.93. The van der Waals surface area contributed by atoms with Crippen LogP contribution in [0, 0.1) is 23.6 Å². The van der Waals surface area contributed by atoms with E-state index in [0.29, 0.717) is 42.3 Å². The number of benzene rings is 1.